The number of carbonyl (C=O) groups is 1. The third-order valence-electron chi connectivity index (χ3n) is 9.58. The third-order valence-corrected chi connectivity index (χ3v) is 9.58. The number of likely N-dealkylation sites (N-methyl/N-ethyl adjacent to an activating group) is 1. The van der Waals surface area contributed by atoms with E-state index in [1.54, 1.807) is 35.3 Å². The molecule has 2 aliphatic heterocycles. The molecular weight excluding hydrogens is 612 g/mol. The molecular formula is C37H39F2N7O2. The van der Waals surface area contributed by atoms with E-state index in [1.807, 2.05) is 30.7 Å². The molecule has 0 aliphatic carbocycles. The van der Waals surface area contributed by atoms with Crippen LogP contribution in [-0.2, 0) is 4.79 Å². The Bertz CT molecular complexity index is 1970. The standard InChI is InChI=1S/C37H39F2N7O2/c1-5-6-10-25-11-7-12-27(29(25)22-40)32-23(2)21-28-34(33(32)39)41-37(48-24(3)30-13-9-18-44(30)4)35-36(28)46(43-42-35)26-15-19-45(20-16-26)31(47)14-8-17-38/h5-8,10-12,14,21,24,26,30H,1,9,13,15-20H2,2-4H3/b10-6-,14-8+/t24-,30-/m0/s1. The SMILES string of the molecule is C=C/C=C\c1cccc(-c2c(C)cc3c(nc(O[C@@H](C)[C@@H]4CCCN4C)c4nnn(C5CCN(C(=O)/C=C/CF)CC5)c43)c2F)c1C#N. The van der Waals surface area contributed by atoms with Crippen LogP contribution in [0.1, 0.15) is 55.3 Å². The molecule has 6 rings (SSSR count). The minimum atomic E-state index is -0.693. The number of carbonyl (C=O) groups excluding carboxylic acids is 1. The minimum absolute atomic E-state index is 0.105. The molecule has 2 fully saturated rings. The van der Waals surface area contributed by atoms with Crippen molar-refractivity contribution < 1.29 is 18.3 Å². The Kier molecular flexibility index (Phi) is 9.64. The number of benzene rings is 2. The minimum Gasteiger partial charge on any atom is -0.471 e. The van der Waals surface area contributed by atoms with E-state index in [4.69, 9.17) is 9.72 Å². The Labute approximate surface area is 278 Å². The lowest BCUT2D eigenvalue weighted by atomic mass is 9.91. The predicted molar refractivity (Wildman–Crippen MR) is 183 cm³/mol. The summed E-state index contributed by atoms with van der Waals surface area (Å²) in [6.45, 7) is 8.74. The Balaban J connectivity index is 1.50. The average Bonchev–Trinajstić information content (AvgIpc) is 3.74. The van der Waals surface area contributed by atoms with Crippen LogP contribution in [0.5, 0.6) is 5.88 Å². The van der Waals surface area contributed by atoms with E-state index in [0.717, 1.165) is 19.4 Å². The molecule has 4 aromatic rings. The molecule has 2 aliphatic rings. The maximum absolute atomic E-state index is 17.0. The Morgan fingerprint density at radius 1 is 1.23 bits per heavy atom. The molecule has 0 N–H and O–H groups in total. The highest BCUT2D eigenvalue weighted by atomic mass is 19.1. The monoisotopic (exact) mass is 651 g/mol. The lowest BCUT2D eigenvalue weighted by molar-refractivity contribution is -0.127. The molecule has 2 aromatic carbocycles. The average molecular weight is 652 g/mol. The first-order valence-electron chi connectivity index (χ1n) is 16.4. The number of aromatic nitrogens is 4. The summed E-state index contributed by atoms with van der Waals surface area (Å²) in [7, 11) is 2.07. The number of ether oxygens (including phenoxy) is 1. The van der Waals surface area contributed by atoms with Crippen LogP contribution in [0.25, 0.3) is 39.1 Å². The second-order valence-electron chi connectivity index (χ2n) is 12.5. The van der Waals surface area contributed by atoms with Crippen molar-refractivity contribution in [2.75, 3.05) is 33.4 Å². The molecule has 0 bridgehead atoms. The smallest absolute Gasteiger partial charge is 0.246 e. The predicted octanol–water partition coefficient (Wildman–Crippen LogP) is 6.72. The summed E-state index contributed by atoms with van der Waals surface area (Å²) in [5.74, 6) is -0.578. The zero-order valence-electron chi connectivity index (χ0n) is 27.5. The van der Waals surface area contributed by atoms with Gasteiger partial charge in [0.25, 0.3) is 0 Å². The van der Waals surface area contributed by atoms with Gasteiger partial charge in [0.2, 0.25) is 11.8 Å². The van der Waals surface area contributed by atoms with E-state index in [2.05, 4.69) is 34.9 Å². The van der Waals surface area contributed by atoms with Gasteiger partial charge in [-0.3, -0.25) is 9.69 Å². The largest absolute Gasteiger partial charge is 0.471 e. The first-order chi connectivity index (χ1) is 23.3. The molecule has 4 heterocycles. The van der Waals surface area contributed by atoms with Gasteiger partial charge >= 0.3 is 0 Å². The van der Waals surface area contributed by atoms with Crippen LogP contribution in [0.4, 0.5) is 8.78 Å². The van der Waals surface area contributed by atoms with Crippen molar-refractivity contribution in [2.45, 2.75) is 57.7 Å². The maximum atomic E-state index is 17.0. The molecule has 248 valence electrons. The summed E-state index contributed by atoms with van der Waals surface area (Å²) in [5, 5.41) is 19.8. The van der Waals surface area contributed by atoms with Gasteiger partial charge in [-0.25, -0.2) is 18.4 Å². The van der Waals surface area contributed by atoms with Gasteiger partial charge in [-0.1, -0.05) is 48.2 Å². The number of pyridine rings is 1. The second kappa shape index (κ2) is 14.0. The molecule has 0 spiro atoms. The van der Waals surface area contributed by atoms with Gasteiger partial charge in [-0.2, -0.15) is 5.26 Å². The topological polar surface area (TPSA) is 100 Å². The number of hydrogen-bond acceptors (Lipinski definition) is 7. The highest BCUT2D eigenvalue weighted by molar-refractivity contribution is 6.06. The second-order valence-corrected chi connectivity index (χ2v) is 12.5. The number of amides is 1. The fraction of sp³-hybridized carbons (Fsp3) is 0.378. The van der Waals surface area contributed by atoms with Crippen molar-refractivity contribution in [3.05, 3.63) is 77.7 Å². The van der Waals surface area contributed by atoms with Crippen LogP contribution in [-0.4, -0.2) is 81.2 Å². The molecule has 0 saturated carbocycles. The summed E-state index contributed by atoms with van der Waals surface area (Å²) in [6.07, 6.45) is 10.6. The zero-order chi connectivity index (χ0) is 33.9. The summed E-state index contributed by atoms with van der Waals surface area (Å²) in [5.41, 5.74) is 3.56. The first-order valence-corrected chi connectivity index (χ1v) is 16.4. The number of aryl methyl sites for hydroxylation is 1. The molecule has 0 radical (unpaired) electrons. The molecule has 1 amide bonds. The molecule has 11 heteroatoms. The van der Waals surface area contributed by atoms with E-state index >= 15 is 4.39 Å². The van der Waals surface area contributed by atoms with Crippen molar-refractivity contribution in [1.82, 2.24) is 29.8 Å². The number of fused-ring (bicyclic) bond motifs is 3. The van der Waals surface area contributed by atoms with Gasteiger partial charge in [0, 0.05) is 41.7 Å². The molecule has 48 heavy (non-hydrogen) atoms. The van der Waals surface area contributed by atoms with Crippen LogP contribution < -0.4 is 4.74 Å². The van der Waals surface area contributed by atoms with Crippen LogP contribution in [0, 0.1) is 24.1 Å². The van der Waals surface area contributed by atoms with Gasteiger partial charge in [0.15, 0.2) is 11.3 Å². The van der Waals surface area contributed by atoms with Crippen molar-refractivity contribution in [2.24, 2.45) is 0 Å². The van der Waals surface area contributed by atoms with Crippen molar-refractivity contribution in [3.8, 4) is 23.1 Å². The van der Waals surface area contributed by atoms with Crippen LogP contribution >= 0.6 is 0 Å². The number of hydrogen-bond donors (Lipinski definition) is 0. The number of halogens is 2. The van der Waals surface area contributed by atoms with Gasteiger partial charge in [0.05, 0.1) is 11.6 Å². The Morgan fingerprint density at radius 3 is 2.71 bits per heavy atom. The van der Waals surface area contributed by atoms with Gasteiger partial charge in [0.1, 0.15) is 29.9 Å². The summed E-state index contributed by atoms with van der Waals surface area (Å²) in [4.78, 5) is 21.2. The number of rotatable bonds is 9. The van der Waals surface area contributed by atoms with Crippen LogP contribution in [0.3, 0.4) is 0 Å². The van der Waals surface area contributed by atoms with Gasteiger partial charge in [-0.15, -0.1) is 5.10 Å². The number of likely N-dealkylation sites (tertiary alicyclic amines) is 2. The van der Waals surface area contributed by atoms with E-state index < -0.39 is 12.5 Å². The Morgan fingerprint density at radius 2 is 2.02 bits per heavy atom. The first kappa shape index (κ1) is 33.0. The highest BCUT2D eigenvalue weighted by Crippen LogP contribution is 2.40. The molecule has 9 nitrogen and oxygen atoms in total. The number of alkyl halides is 1. The lowest BCUT2D eigenvalue weighted by Crippen LogP contribution is -2.38. The van der Waals surface area contributed by atoms with Gasteiger partial charge in [-0.05, 0) is 76.4 Å². The fourth-order valence-corrected chi connectivity index (χ4v) is 7.15. The van der Waals surface area contributed by atoms with E-state index in [-0.39, 0.29) is 35.5 Å². The number of nitriles is 1. The fourth-order valence-electron chi connectivity index (χ4n) is 7.15. The summed E-state index contributed by atoms with van der Waals surface area (Å²) < 4.78 is 38.0. The van der Waals surface area contributed by atoms with Crippen LogP contribution in [0.15, 0.2) is 55.1 Å². The molecule has 2 saturated heterocycles. The van der Waals surface area contributed by atoms with Crippen molar-refractivity contribution in [1.29, 1.82) is 5.26 Å². The Hall–Kier alpha value is -4.95. The molecule has 0 unspecified atom stereocenters. The van der Waals surface area contributed by atoms with E-state index in [1.165, 1.54) is 12.2 Å². The van der Waals surface area contributed by atoms with E-state index in [0.29, 0.717) is 70.2 Å². The number of nitrogens with zero attached hydrogens (tertiary/aromatic N) is 7. The number of allylic oxidation sites excluding steroid dienone is 3. The summed E-state index contributed by atoms with van der Waals surface area (Å²) >= 11 is 0. The molecule has 2 aromatic heterocycles. The third kappa shape index (κ3) is 6.08. The highest BCUT2D eigenvalue weighted by Gasteiger charge is 2.32. The normalized spacial score (nSPS) is 18.3. The van der Waals surface area contributed by atoms with E-state index in [9.17, 15) is 14.4 Å². The maximum Gasteiger partial charge on any atom is 0.246 e. The summed E-state index contributed by atoms with van der Waals surface area (Å²) in [6, 6.07) is 9.56. The van der Waals surface area contributed by atoms with Crippen LogP contribution in [0.2, 0.25) is 0 Å². The lowest BCUT2D eigenvalue weighted by Gasteiger charge is -2.31. The van der Waals surface area contributed by atoms with Crippen molar-refractivity contribution in [3.63, 3.8) is 0 Å². The zero-order valence-corrected chi connectivity index (χ0v) is 27.5. The van der Waals surface area contributed by atoms with Crippen molar-refractivity contribution >= 4 is 33.9 Å². The molecule has 2 atom stereocenters. The number of piperidine rings is 1. The van der Waals surface area contributed by atoms with Gasteiger partial charge < -0.3 is 9.64 Å². The quantitative estimate of drug-likeness (QED) is 0.146.